The lowest BCUT2D eigenvalue weighted by molar-refractivity contribution is -0.115. The molecule has 2 rings (SSSR count). The highest BCUT2D eigenvalue weighted by atomic mass is 32.2. The molecule has 0 bridgehead atoms. The van der Waals surface area contributed by atoms with E-state index in [2.05, 4.69) is 10.3 Å². The molecule has 19 heavy (non-hydrogen) atoms. The Morgan fingerprint density at radius 1 is 1.58 bits per heavy atom. The third kappa shape index (κ3) is 3.31. The van der Waals surface area contributed by atoms with Gasteiger partial charge in [-0.1, -0.05) is 0 Å². The van der Waals surface area contributed by atoms with Crippen molar-refractivity contribution in [1.82, 2.24) is 4.98 Å². The number of nitrogens with one attached hydrogen (secondary N) is 1. The molecule has 1 amide bonds. The molecular formula is C11H17N3O3S2. The van der Waals surface area contributed by atoms with Crippen LogP contribution in [-0.4, -0.2) is 36.9 Å². The predicted molar refractivity (Wildman–Crippen MR) is 75.0 cm³/mol. The van der Waals surface area contributed by atoms with E-state index >= 15 is 0 Å². The lowest BCUT2D eigenvalue weighted by Crippen LogP contribution is -2.31. The maximum absolute atomic E-state index is 11.8. The Bertz CT molecular complexity index is 594. The number of hydrogen-bond acceptors (Lipinski definition) is 6. The molecule has 2 atom stereocenters. The smallest absolute Gasteiger partial charge is 0.244 e. The lowest BCUT2D eigenvalue weighted by Gasteiger charge is -2.15. The summed E-state index contributed by atoms with van der Waals surface area (Å²) in [5, 5.41) is 1.95. The quantitative estimate of drug-likeness (QED) is 0.838. The van der Waals surface area contributed by atoms with E-state index in [0.717, 1.165) is 36.1 Å². The average Bonchev–Trinajstić information content (AvgIpc) is 2.67. The number of anilines is 1. The van der Waals surface area contributed by atoms with Crippen LogP contribution in [0.3, 0.4) is 0 Å². The normalized spacial score (nSPS) is 20.7. The number of fused-ring (bicyclic) bond motifs is 1. The topological polar surface area (TPSA) is 102 Å². The third-order valence-corrected chi connectivity index (χ3v) is 5.75. The first kappa shape index (κ1) is 14.4. The van der Waals surface area contributed by atoms with Crippen molar-refractivity contribution in [2.24, 2.45) is 5.73 Å². The summed E-state index contributed by atoms with van der Waals surface area (Å²) in [6.07, 6.45) is 3.52. The zero-order valence-electron chi connectivity index (χ0n) is 10.8. The number of nitrogens with zero attached hydrogens (tertiary/aromatic N) is 1. The van der Waals surface area contributed by atoms with Crippen LogP contribution in [0.1, 0.15) is 23.9 Å². The monoisotopic (exact) mass is 303 g/mol. The fourth-order valence-electron chi connectivity index (χ4n) is 1.86. The number of nitrogens with two attached hydrogens (primary N) is 1. The molecule has 0 spiro atoms. The zero-order chi connectivity index (χ0) is 14.2. The van der Waals surface area contributed by atoms with E-state index in [-0.39, 0.29) is 6.04 Å². The number of sulfone groups is 1. The van der Waals surface area contributed by atoms with Crippen LogP contribution in [0.25, 0.3) is 0 Å². The first-order chi connectivity index (χ1) is 8.77. The molecule has 0 aromatic carbocycles. The first-order valence-corrected chi connectivity index (χ1v) is 8.78. The number of hydrogen-bond donors (Lipinski definition) is 2. The second-order valence-corrected chi connectivity index (χ2v) is 8.30. The molecular weight excluding hydrogens is 286 g/mol. The number of thiazole rings is 1. The van der Waals surface area contributed by atoms with E-state index in [1.54, 1.807) is 0 Å². The van der Waals surface area contributed by atoms with Gasteiger partial charge in [-0.3, -0.25) is 4.79 Å². The summed E-state index contributed by atoms with van der Waals surface area (Å²) in [6.45, 7) is 1.37. The first-order valence-electron chi connectivity index (χ1n) is 6.01. The Morgan fingerprint density at radius 2 is 2.26 bits per heavy atom. The van der Waals surface area contributed by atoms with Gasteiger partial charge >= 0.3 is 0 Å². The summed E-state index contributed by atoms with van der Waals surface area (Å²) < 4.78 is 22.6. The molecule has 1 aliphatic rings. The van der Waals surface area contributed by atoms with Crippen molar-refractivity contribution in [1.29, 1.82) is 0 Å². The van der Waals surface area contributed by atoms with E-state index in [9.17, 15) is 13.2 Å². The zero-order valence-corrected chi connectivity index (χ0v) is 12.5. The highest BCUT2D eigenvalue weighted by Crippen LogP contribution is 2.29. The van der Waals surface area contributed by atoms with Crippen molar-refractivity contribution in [3.05, 3.63) is 10.6 Å². The van der Waals surface area contributed by atoms with Gasteiger partial charge in [-0.05, 0) is 26.2 Å². The Balaban J connectivity index is 2.11. The molecule has 0 saturated carbocycles. The fraction of sp³-hybridized carbons (Fsp3) is 0.636. The molecule has 1 aromatic heterocycles. The molecule has 106 valence electrons. The van der Waals surface area contributed by atoms with Gasteiger partial charge in [0.05, 0.1) is 5.69 Å². The summed E-state index contributed by atoms with van der Waals surface area (Å²) >= 11 is 1.38. The molecule has 1 aromatic rings. The molecule has 1 heterocycles. The Morgan fingerprint density at radius 3 is 2.89 bits per heavy atom. The van der Waals surface area contributed by atoms with Crippen molar-refractivity contribution < 1.29 is 13.2 Å². The third-order valence-electron chi connectivity index (χ3n) is 3.22. The molecule has 0 aliphatic heterocycles. The van der Waals surface area contributed by atoms with Crippen LogP contribution in [0.2, 0.25) is 0 Å². The van der Waals surface area contributed by atoms with E-state index in [1.165, 1.54) is 18.3 Å². The van der Waals surface area contributed by atoms with Crippen LogP contribution in [-0.2, 0) is 27.5 Å². The highest BCUT2D eigenvalue weighted by molar-refractivity contribution is 7.92. The van der Waals surface area contributed by atoms with Gasteiger partial charge in [0.15, 0.2) is 15.0 Å². The second-order valence-electron chi connectivity index (χ2n) is 4.85. The maximum Gasteiger partial charge on any atom is 0.244 e. The van der Waals surface area contributed by atoms with Crippen molar-refractivity contribution in [3.63, 3.8) is 0 Å². The minimum atomic E-state index is -3.39. The minimum absolute atomic E-state index is 0.145. The van der Waals surface area contributed by atoms with Crippen LogP contribution in [0.15, 0.2) is 0 Å². The largest absolute Gasteiger partial charge is 0.327 e. The number of aryl methyl sites for hydroxylation is 1. The standard InChI is InChI=1S/C11H17N3O3S2/c1-6(19(2,16)17)10(15)14-11-13-8-4-3-7(12)5-9(8)18-11/h6-7H,3-5,12H2,1-2H3,(H,13,14,15)/t6?,7-/m0/s1. The minimum Gasteiger partial charge on any atom is -0.327 e. The Labute approximate surface area is 116 Å². The molecule has 0 fully saturated rings. The molecule has 6 nitrogen and oxygen atoms in total. The Kier molecular flexibility index (Phi) is 3.93. The van der Waals surface area contributed by atoms with E-state index in [1.807, 2.05) is 0 Å². The van der Waals surface area contributed by atoms with Gasteiger partial charge < -0.3 is 11.1 Å². The van der Waals surface area contributed by atoms with Gasteiger partial charge in [0.2, 0.25) is 5.91 Å². The lowest BCUT2D eigenvalue weighted by atomic mass is 9.99. The number of amides is 1. The number of carbonyl (C=O) groups is 1. The van der Waals surface area contributed by atoms with Crippen LogP contribution >= 0.6 is 11.3 Å². The second kappa shape index (κ2) is 5.18. The summed E-state index contributed by atoms with van der Waals surface area (Å²) in [4.78, 5) is 17.2. The molecule has 1 unspecified atom stereocenters. The van der Waals surface area contributed by atoms with Gasteiger partial charge in [-0.15, -0.1) is 11.3 Å². The SMILES string of the molecule is CC(C(=O)Nc1nc2c(s1)C[C@@H](N)CC2)S(C)(=O)=O. The van der Waals surface area contributed by atoms with Crippen molar-refractivity contribution in [2.75, 3.05) is 11.6 Å². The predicted octanol–water partition coefficient (Wildman–Crippen LogP) is 0.331. The summed E-state index contributed by atoms with van der Waals surface area (Å²) in [5.41, 5.74) is 6.84. The molecule has 0 radical (unpaired) electrons. The van der Waals surface area contributed by atoms with E-state index in [4.69, 9.17) is 5.73 Å². The van der Waals surface area contributed by atoms with Crippen molar-refractivity contribution in [3.8, 4) is 0 Å². The number of carbonyl (C=O) groups excluding carboxylic acids is 1. The molecule has 3 N–H and O–H groups in total. The summed E-state index contributed by atoms with van der Waals surface area (Å²) in [7, 11) is -3.39. The van der Waals surface area contributed by atoms with Gasteiger partial charge in [-0.25, -0.2) is 13.4 Å². The summed E-state index contributed by atoms with van der Waals surface area (Å²) in [5.74, 6) is -0.544. The highest BCUT2D eigenvalue weighted by Gasteiger charge is 2.26. The molecule has 8 heteroatoms. The van der Waals surface area contributed by atoms with Crippen LogP contribution in [0.4, 0.5) is 5.13 Å². The number of rotatable bonds is 3. The molecule has 0 saturated heterocycles. The molecule has 1 aliphatic carbocycles. The van der Waals surface area contributed by atoms with Crippen LogP contribution in [0, 0.1) is 0 Å². The summed E-state index contributed by atoms with van der Waals surface area (Å²) in [6, 6.07) is 0.145. The van der Waals surface area contributed by atoms with Gasteiger partial charge in [-0.2, -0.15) is 0 Å². The fourth-order valence-corrected chi connectivity index (χ4v) is 3.41. The van der Waals surface area contributed by atoms with Gasteiger partial charge in [0, 0.05) is 17.2 Å². The van der Waals surface area contributed by atoms with Crippen LogP contribution < -0.4 is 11.1 Å². The van der Waals surface area contributed by atoms with Gasteiger partial charge in [0.25, 0.3) is 0 Å². The van der Waals surface area contributed by atoms with E-state index < -0.39 is 21.0 Å². The average molecular weight is 303 g/mol. The van der Waals surface area contributed by atoms with Crippen molar-refractivity contribution >= 4 is 32.2 Å². The maximum atomic E-state index is 11.8. The van der Waals surface area contributed by atoms with E-state index in [0.29, 0.717) is 5.13 Å². The van der Waals surface area contributed by atoms with Crippen molar-refractivity contribution in [2.45, 2.75) is 37.5 Å². The van der Waals surface area contributed by atoms with Gasteiger partial charge in [0.1, 0.15) is 5.25 Å². The van der Waals surface area contributed by atoms with Crippen LogP contribution in [0.5, 0.6) is 0 Å². The number of aromatic nitrogens is 1. The Hall–Kier alpha value is -0.990.